The molecule has 1 rings (SSSR count). The third-order valence-electron chi connectivity index (χ3n) is 1.38. The van der Waals surface area contributed by atoms with Gasteiger partial charge >= 0.3 is 39.2 Å². The SMILES string of the molecule is O=C(O)c1ccc(C(=O)O)cc1.[PbH2]. The standard InChI is InChI=1S/C8H6O4.Pb.2H/c9-7(10)5-1-2-6(4-3-5)8(11)12;;;/h1-4H,(H,9,10)(H,11,12);;;. The number of carboxylic acid groups (broad SMARTS) is 2. The van der Waals surface area contributed by atoms with Crippen molar-refractivity contribution in [1.82, 2.24) is 0 Å². The van der Waals surface area contributed by atoms with E-state index in [-0.39, 0.29) is 38.4 Å². The zero-order chi connectivity index (χ0) is 9.14. The van der Waals surface area contributed by atoms with E-state index in [1.165, 1.54) is 24.3 Å². The van der Waals surface area contributed by atoms with Crippen LogP contribution in [0.4, 0.5) is 0 Å². The fourth-order valence-electron chi connectivity index (χ4n) is 0.755. The van der Waals surface area contributed by atoms with E-state index in [9.17, 15) is 9.59 Å². The summed E-state index contributed by atoms with van der Waals surface area (Å²) < 4.78 is 0. The molecule has 1 aromatic carbocycles. The second-order valence-corrected chi connectivity index (χ2v) is 2.19. The van der Waals surface area contributed by atoms with Gasteiger partial charge in [0.25, 0.3) is 0 Å². The van der Waals surface area contributed by atoms with E-state index in [0.717, 1.165) is 0 Å². The van der Waals surface area contributed by atoms with Crippen molar-refractivity contribution in [2.24, 2.45) is 0 Å². The molecule has 0 unspecified atom stereocenters. The third kappa shape index (κ3) is 3.13. The monoisotopic (exact) mass is 376 g/mol. The number of benzene rings is 1. The molecule has 0 aliphatic rings. The van der Waals surface area contributed by atoms with E-state index in [1.807, 2.05) is 0 Å². The van der Waals surface area contributed by atoms with Gasteiger partial charge in [-0.3, -0.25) is 0 Å². The summed E-state index contributed by atoms with van der Waals surface area (Å²) in [6.07, 6.45) is 0. The molecule has 0 saturated carbocycles. The van der Waals surface area contributed by atoms with Crippen molar-refractivity contribution in [2.75, 3.05) is 0 Å². The van der Waals surface area contributed by atoms with E-state index in [1.54, 1.807) is 0 Å². The summed E-state index contributed by atoms with van der Waals surface area (Å²) in [5, 5.41) is 16.9. The molecule has 2 N–H and O–H groups in total. The van der Waals surface area contributed by atoms with E-state index in [4.69, 9.17) is 10.2 Å². The van der Waals surface area contributed by atoms with Crippen LogP contribution in [-0.2, 0) is 0 Å². The number of carboxylic acids is 2. The van der Waals surface area contributed by atoms with E-state index in [2.05, 4.69) is 0 Å². The van der Waals surface area contributed by atoms with Gasteiger partial charge in [-0.1, -0.05) is 0 Å². The van der Waals surface area contributed by atoms with Crippen LogP contribution in [-0.4, -0.2) is 49.5 Å². The normalized spacial score (nSPS) is 8.62. The Bertz CT molecular complexity index is 284. The summed E-state index contributed by atoms with van der Waals surface area (Å²) in [5.74, 6) is -2.13. The first kappa shape index (κ1) is 12.1. The molecule has 0 aliphatic heterocycles. The predicted octanol–water partition coefficient (Wildman–Crippen LogP) is 0.167. The first-order valence-corrected chi connectivity index (χ1v) is 3.18. The van der Waals surface area contributed by atoms with Crippen molar-refractivity contribution in [2.45, 2.75) is 0 Å². The molecule has 0 spiro atoms. The molecular weight excluding hydrogens is 367 g/mol. The number of hydrogen-bond donors (Lipinski definition) is 2. The van der Waals surface area contributed by atoms with Gasteiger partial charge in [-0.2, -0.15) is 0 Å². The molecule has 0 bridgehead atoms. The predicted molar refractivity (Wildman–Crippen MR) is 48.9 cm³/mol. The Hall–Kier alpha value is -0.918. The maximum absolute atomic E-state index is 10.3. The van der Waals surface area contributed by atoms with Crippen molar-refractivity contribution in [1.29, 1.82) is 0 Å². The van der Waals surface area contributed by atoms with Gasteiger partial charge in [0, 0.05) is 0 Å². The minimum absolute atomic E-state index is 0. The Labute approximate surface area is 94.4 Å². The quantitative estimate of drug-likeness (QED) is 0.723. The molecule has 0 amide bonds. The van der Waals surface area contributed by atoms with Gasteiger partial charge in [-0.25, -0.2) is 9.59 Å². The molecule has 0 heterocycles. The zero-order valence-corrected chi connectivity index (χ0v) is 12.2. The number of aromatic carboxylic acids is 2. The average Bonchev–Trinajstić information content (AvgIpc) is 2.04. The van der Waals surface area contributed by atoms with Crippen molar-refractivity contribution in [3.63, 3.8) is 0 Å². The molecular formula is C8H8O4Pb. The summed E-state index contributed by atoms with van der Waals surface area (Å²) >= 11 is 0. The van der Waals surface area contributed by atoms with Gasteiger partial charge in [0.2, 0.25) is 0 Å². The first-order chi connectivity index (χ1) is 5.61. The molecule has 0 saturated heterocycles. The van der Waals surface area contributed by atoms with Crippen molar-refractivity contribution >= 4 is 39.2 Å². The van der Waals surface area contributed by atoms with Crippen molar-refractivity contribution in [3.8, 4) is 0 Å². The van der Waals surface area contributed by atoms with Crippen LogP contribution in [0.15, 0.2) is 24.3 Å². The van der Waals surface area contributed by atoms with Crippen LogP contribution in [0, 0.1) is 0 Å². The van der Waals surface area contributed by atoms with Crippen LogP contribution in [0.25, 0.3) is 0 Å². The summed E-state index contributed by atoms with van der Waals surface area (Å²) in [4.78, 5) is 20.7. The molecule has 4 nitrogen and oxygen atoms in total. The molecule has 0 aromatic heterocycles. The summed E-state index contributed by atoms with van der Waals surface area (Å²) in [6.45, 7) is 0. The van der Waals surface area contributed by atoms with Crippen LogP contribution >= 0.6 is 0 Å². The molecule has 0 fully saturated rings. The second kappa shape index (κ2) is 4.95. The van der Waals surface area contributed by atoms with Crippen LogP contribution in [0.2, 0.25) is 0 Å². The third-order valence-corrected chi connectivity index (χ3v) is 1.38. The number of hydrogen-bond acceptors (Lipinski definition) is 2. The molecule has 1 aromatic rings. The molecule has 68 valence electrons. The Morgan fingerprint density at radius 1 is 0.846 bits per heavy atom. The molecule has 2 radical (unpaired) electrons. The summed E-state index contributed by atoms with van der Waals surface area (Å²) in [5.41, 5.74) is 0.167. The van der Waals surface area contributed by atoms with E-state index in [0.29, 0.717) is 0 Å². The van der Waals surface area contributed by atoms with Crippen LogP contribution in [0.3, 0.4) is 0 Å². The molecule has 0 atom stereocenters. The van der Waals surface area contributed by atoms with E-state index >= 15 is 0 Å². The molecule has 5 heteroatoms. The van der Waals surface area contributed by atoms with Crippen LogP contribution in [0.5, 0.6) is 0 Å². The Morgan fingerprint density at radius 3 is 1.23 bits per heavy atom. The Morgan fingerprint density at radius 2 is 1.08 bits per heavy atom. The zero-order valence-electron chi connectivity index (χ0n) is 6.73. The van der Waals surface area contributed by atoms with Crippen LogP contribution < -0.4 is 0 Å². The summed E-state index contributed by atoms with van der Waals surface area (Å²) in [6, 6.07) is 5.02. The van der Waals surface area contributed by atoms with Crippen molar-refractivity contribution in [3.05, 3.63) is 35.4 Å². The van der Waals surface area contributed by atoms with Gasteiger partial charge < -0.3 is 10.2 Å². The fraction of sp³-hybridized carbons (Fsp3) is 0. The van der Waals surface area contributed by atoms with E-state index < -0.39 is 11.9 Å². The van der Waals surface area contributed by atoms with Gasteiger partial charge in [-0.05, 0) is 24.3 Å². The first-order valence-electron chi connectivity index (χ1n) is 3.18. The van der Waals surface area contributed by atoms with Gasteiger partial charge in [0.05, 0.1) is 11.1 Å². The molecule has 0 aliphatic carbocycles. The summed E-state index contributed by atoms with van der Waals surface area (Å²) in [7, 11) is 0. The maximum atomic E-state index is 10.3. The van der Waals surface area contributed by atoms with Gasteiger partial charge in [0.1, 0.15) is 0 Å². The van der Waals surface area contributed by atoms with Crippen LogP contribution in [0.1, 0.15) is 20.7 Å². The average molecular weight is 375 g/mol. The molecule has 13 heavy (non-hydrogen) atoms. The fourth-order valence-corrected chi connectivity index (χ4v) is 0.755. The van der Waals surface area contributed by atoms with Crippen molar-refractivity contribution < 1.29 is 19.8 Å². The topological polar surface area (TPSA) is 74.6 Å². The minimum atomic E-state index is -1.06. The van der Waals surface area contributed by atoms with Gasteiger partial charge in [0.15, 0.2) is 0 Å². The Balaban J connectivity index is 0.00000144. The number of carbonyl (C=O) groups is 2. The number of rotatable bonds is 2. The van der Waals surface area contributed by atoms with Gasteiger partial charge in [-0.15, -0.1) is 0 Å². The second-order valence-electron chi connectivity index (χ2n) is 2.19. The Kier molecular flexibility index (Phi) is 4.60.